The molecule has 32 heavy (non-hydrogen) atoms. The summed E-state index contributed by atoms with van der Waals surface area (Å²) in [5, 5.41) is 14.9. The lowest BCUT2D eigenvalue weighted by molar-refractivity contribution is -0.0586. The predicted octanol–water partition coefficient (Wildman–Crippen LogP) is 3.85. The van der Waals surface area contributed by atoms with E-state index in [1.54, 1.807) is 26.4 Å². The second-order valence-corrected chi connectivity index (χ2v) is 8.30. The van der Waals surface area contributed by atoms with Crippen LogP contribution in [-0.2, 0) is 27.9 Å². The summed E-state index contributed by atoms with van der Waals surface area (Å²) in [6, 6.07) is 4.78. The van der Waals surface area contributed by atoms with Crippen LogP contribution in [0.1, 0.15) is 44.1 Å². The minimum atomic E-state index is -0.749. The van der Waals surface area contributed by atoms with E-state index in [4.69, 9.17) is 19.2 Å². The zero-order chi connectivity index (χ0) is 22.1. The molecule has 1 atom stereocenters. The van der Waals surface area contributed by atoms with E-state index in [1.165, 1.54) is 6.07 Å². The number of H-pyrrole nitrogens is 1. The summed E-state index contributed by atoms with van der Waals surface area (Å²) in [6.45, 7) is 0.945. The second kappa shape index (κ2) is 8.55. The van der Waals surface area contributed by atoms with Gasteiger partial charge in [-0.1, -0.05) is 0 Å². The zero-order valence-electron chi connectivity index (χ0n) is 18.3. The molecule has 0 bridgehead atoms. The van der Waals surface area contributed by atoms with Gasteiger partial charge < -0.3 is 14.2 Å². The number of hydrogen-bond acceptors (Lipinski definition) is 7. The van der Waals surface area contributed by atoms with Crippen molar-refractivity contribution in [1.82, 2.24) is 25.6 Å². The Balaban J connectivity index is 0.00000259. The van der Waals surface area contributed by atoms with Gasteiger partial charge in [-0.3, -0.25) is 4.98 Å². The average molecular weight is 442 g/mol. The highest BCUT2D eigenvalue weighted by molar-refractivity contribution is 5.86. The Morgan fingerprint density at radius 1 is 1.19 bits per heavy atom. The monoisotopic (exact) mass is 441 g/mol. The van der Waals surface area contributed by atoms with Gasteiger partial charge in [0.2, 0.25) is 5.82 Å². The molecule has 0 radical (unpaired) electrons. The van der Waals surface area contributed by atoms with Crippen LogP contribution >= 0.6 is 0 Å². The SMILES string of the molecule is COCC1(c2nc3c(c(-c4cc(OC)ccc4F)c2-c2nn[nH]n2)CCCC3)CCCO1.[HH]. The van der Waals surface area contributed by atoms with Crippen molar-refractivity contribution in [2.45, 2.75) is 44.1 Å². The number of benzene rings is 1. The standard InChI is InChI=1S/C23H26FN5O3.H2/c1-30-13-23(10-5-11-32-23)21-20(22-26-28-29-27-22)19(15-6-3-4-7-18(15)25-21)16-12-14(31-2)8-9-17(16)24;/h8-9,12H,3-7,10-11,13H2,1-2H3,(H,26,27,28,29);1H. The number of aryl methyl sites for hydroxylation is 1. The average Bonchev–Trinajstić information content (AvgIpc) is 3.52. The summed E-state index contributed by atoms with van der Waals surface area (Å²) in [4.78, 5) is 5.12. The molecule has 1 saturated heterocycles. The molecule has 8 nitrogen and oxygen atoms in total. The summed E-state index contributed by atoms with van der Waals surface area (Å²) in [6.07, 6.45) is 5.32. The first-order valence-corrected chi connectivity index (χ1v) is 10.9. The van der Waals surface area contributed by atoms with E-state index in [0.717, 1.165) is 55.3 Å². The van der Waals surface area contributed by atoms with Crippen LogP contribution in [0.25, 0.3) is 22.5 Å². The van der Waals surface area contributed by atoms with Crippen LogP contribution in [0, 0.1) is 5.82 Å². The number of aromatic amines is 1. The highest BCUT2D eigenvalue weighted by Crippen LogP contribution is 2.47. The van der Waals surface area contributed by atoms with Gasteiger partial charge in [-0.15, -0.1) is 10.2 Å². The number of tetrazole rings is 1. The molecule has 0 amide bonds. The van der Waals surface area contributed by atoms with E-state index >= 15 is 4.39 Å². The van der Waals surface area contributed by atoms with Gasteiger partial charge in [-0.2, -0.15) is 5.21 Å². The Labute approximate surface area is 187 Å². The molecular formula is C23H28FN5O3. The van der Waals surface area contributed by atoms with Gasteiger partial charge in [0.25, 0.3) is 0 Å². The maximum absolute atomic E-state index is 15.3. The number of fused-ring (bicyclic) bond motifs is 1. The number of methoxy groups -OCH3 is 2. The Bertz CT molecular complexity index is 1120. The van der Waals surface area contributed by atoms with Gasteiger partial charge in [0, 0.05) is 32.0 Å². The van der Waals surface area contributed by atoms with Crippen LogP contribution in [0.3, 0.4) is 0 Å². The van der Waals surface area contributed by atoms with Crippen LogP contribution in [0.15, 0.2) is 18.2 Å². The van der Waals surface area contributed by atoms with Crippen molar-refractivity contribution in [1.29, 1.82) is 0 Å². The van der Waals surface area contributed by atoms with Crippen LogP contribution in [0.4, 0.5) is 4.39 Å². The maximum atomic E-state index is 15.3. The molecule has 170 valence electrons. The molecule has 0 spiro atoms. The molecule has 1 aliphatic heterocycles. The zero-order valence-corrected chi connectivity index (χ0v) is 18.3. The van der Waals surface area contributed by atoms with E-state index in [0.29, 0.717) is 41.6 Å². The summed E-state index contributed by atoms with van der Waals surface area (Å²) >= 11 is 0. The van der Waals surface area contributed by atoms with E-state index in [1.807, 2.05) is 0 Å². The number of aromatic nitrogens is 5. The largest absolute Gasteiger partial charge is 0.497 e. The predicted molar refractivity (Wildman–Crippen MR) is 117 cm³/mol. The summed E-state index contributed by atoms with van der Waals surface area (Å²) in [5.41, 5.74) is 3.77. The number of halogens is 1. The molecule has 2 aromatic heterocycles. The molecule has 9 heteroatoms. The van der Waals surface area contributed by atoms with E-state index in [2.05, 4.69) is 20.6 Å². The van der Waals surface area contributed by atoms with Crippen molar-refractivity contribution in [2.75, 3.05) is 27.4 Å². The van der Waals surface area contributed by atoms with E-state index in [-0.39, 0.29) is 7.24 Å². The van der Waals surface area contributed by atoms with Gasteiger partial charge in [-0.25, -0.2) is 4.39 Å². The lowest BCUT2D eigenvalue weighted by Crippen LogP contribution is -2.33. The van der Waals surface area contributed by atoms with Crippen molar-refractivity contribution in [3.8, 4) is 28.3 Å². The smallest absolute Gasteiger partial charge is 0.207 e. The molecule has 1 fully saturated rings. The van der Waals surface area contributed by atoms with Crippen LogP contribution in [-0.4, -0.2) is 53.0 Å². The third-order valence-corrected chi connectivity index (χ3v) is 6.40. The highest BCUT2D eigenvalue weighted by Gasteiger charge is 2.43. The lowest BCUT2D eigenvalue weighted by Gasteiger charge is -2.32. The fourth-order valence-corrected chi connectivity index (χ4v) is 4.98. The van der Waals surface area contributed by atoms with Crippen molar-refractivity contribution < 1.29 is 20.0 Å². The summed E-state index contributed by atoms with van der Waals surface area (Å²) < 4.78 is 32.6. The number of rotatable bonds is 6. The van der Waals surface area contributed by atoms with Gasteiger partial charge in [0.15, 0.2) is 0 Å². The van der Waals surface area contributed by atoms with Gasteiger partial charge >= 0.3 is 0 Å². The summed E-state index contributed by atoms with van der Waals surface area (Å²) in [5.74, 6) is 0.602. The van der Waals surface area contributed by atoms with Crippen molar-refractivity contribution in [3.63, 3.8) is 0 Å². The van der Waals surface area contributed by atoms with Gasteiger partial charge in [-0.05, 0) is 67.5 Å². The number of nitrogens with zero attached hydrogens (tertiary/aromatic N) is 4. The van der Waals surface area contributed by atoms with Crippen molar-refractivity contribution in [2.24, 2.45) is 0 Å². The Morgan fingerprint density at radius 2 is 2.06 bits per heavy atom. The number of hydrogen-bond donors (Lipinski definition) is 1. The first kappa shape index (κ1) is 21.0. The van der Waals surface area contributed by atoms with Gasteiger partial charge in [0.1, 0.15) is 17.2 Å². The molecule has 1 aliphatic carbocycles. The van der Waals surface area contributed by atoms with Gasteiger partial charge in [0.05, 0.1) is 25.0 Å². The van der Waals surface area contributed by atoms with Crippen molar-refractivity contribution >= 4 is 0 Å². The number of ether oxygens (including phenoxy) is 3. The molecule has 1 aromatic carbocycles. The van der Waals surface area contributed by atoms with E-state index in [9.17, 15) is 0 Å². The Hall–Kier alpha value is -2.91. The first-order valence-electron chi connectivity index (χ1n) is 10.9. The Morgan fingerprint density at radius 3 is 2.78 bits per heavy atom. The highest BCUT2D eigenvalue weighted by atomic mass is 19.1. The maximum Gasteiger partial charge on any atom is 0.207 e. The van der Waals surface area contributed by atoms with E-state index < -0.39 is 5.60 Å². The quantitative estimate of drug-likeness (QED) is 0.621. The van der Waals surface area contributed by atoms with Crippen LogP contribution in [0.2, 0.25) is 0 Å². The minimum Gasteiger partial charge on any atom is -0.497 e. The van der Waals surface area contributed by atoms with Crippen LogP contribution in [0.5, 0.6) is 5.75 Å². The van der Waals surface area contributed by atoms with Crippen LogP contribution < -0.4 is 4.74 Å². The summed E-state index contributed by atoms with van der Waals surface area (Å²) in [7, 11) is 3.23. The molecule has 3 aromatic rings. The molecule has 2 aliphatic rings. The molecule has 1 N–H and O–H groups in total. The molecule has 5 rings (SSSR count). The normalized spacial score (nSPS) is 20.3. The third-order valence-electron chi connectivity index (χ3n) is 6.40. The molecule has 3 heterocycles. The molecule has 0 saturated carbocycles. The number of pyridine rings is 1. The molecule has 1 unspecified atom stereocenters. The fourth-order valence-electron chi connectivity index (χ4n) is 4.98. The minimum absolute atomic E-state index is 0. The lowest BCUT2D eigenvalue weighted by atomic mass is 9.81. The first-order chi connectivity index (χ1) is 15.7. The topological polar surface area (TPSA) is 95.0 Å². The Kier molecular flexibility index (Phi) is 5.60. The second-order valence-electron chi connectivity index (χ2n) is 8.30. The third kappa shape index (κ3) is 3.45. The van der Waals surface area contributed by atoms with Crippen molar-refractivity contribution in [3.05, 3.63) is 41.0 Å². The number of nitrogens with one attached hydrogen (secondary N) is 1. The molecular weight excluding hydrogens is 413 g/mol. The fraction of sp³-hybridized carbons (Fsp3) is 0.478.